The molecule has 1 heterocycles. The van der Waals surface area contributed by atoms with E-state index >= 15 is 0 Å². The van der Waals surface area contributed by atoms with Gasteiger partial charge < -0.3 is 4.90 Å². The molecule has 14 heavy (non-hydrogen) atoms. The lowest BCUT2D eigenvalue weighted by Crippen LogP contribution is -2.34. The number of alkyl halides is 2. The van der Waals surface area contributed by atoms with Crippen LogP contribution in [-0.2, 0) is 0 Å². The molecular formula is C8H9F2N3O. The minimum atomic E-state index is -2.72. The Hall–Kier alpha value is -1.46. The Kier molecular flexibility index (Phi) is 1.80. The minimum Gasteiger partial charge on any atom is -0.318 e. The number of halogens is 2. The Morgan fingerprint density at radius 1 is 1.71 bits per heavy atom. The number of aromatic nitrogens is 2. The molecule has 1 unspecified atom stereocenters. The van der Waals surface area contributed by atoms with Gasteiger partial charge in [0.05, 0.1) is 0 Å². The Balaban J connectivity index is 2.07. The Labute approximate surface area is 79.1 Å². The van der Waals surface area contributed by atoms with Crippen LogP contribution in [0.5, 0.6) is 0 Å². The number of carbonyl (C=O) groups excluding carboxylic acids is 1. The van der Waals surface area contributed by atoms with Gasteiger partial charge in [-0.3, -0.25) is 4.57 Å². The van der Waals surface area contributed by atoms with E-state index in [1.807, 2.05) is 0 Å². The summed E-state index contributed by atoms with van der Waals surface area (Å²) in [5.41, 5.74) is 0. The molecule has 6 heteroatoms. The van der Waals surface area contributed by atoms with Crippen molar-refractivity contribution in [3.05, 3.63) is 18.7 Å². The van der Waals surface area contributed by atoms with E-state index in [0.717, 1.165) is 4.90 Å². The van der Waals surface area contributed by atoms with Crippen molar-refractivity contribution in [2.45, 2.75) is 18.4 Å². The molecule has 0 aliphatic heterocycles. The first-order valence-electron chi connectivity index (χ1n) is 4.15. The van der Waals surface area contributed by atoms with Crippen LogP contribution in [-0.4, -0.2) is 39.5 Å². The van der Waals surface area contributed by atoms with Crippen LogP contribution in [0.25, 0.3) is 0 Å². The summed E-state index contributed by atoms with van der Waals surface area (Å²) in [6.45, 7) is 0. The number of hydrogen-bond donors (Lipinski definition) is 0. The molecule has 0 N–H and O–H groups in total. The monoisotopic (exact) mass is 201 g/mol. The predicted molar refractivity (Wildman–Crippen MR) is 44.1 cm³/mol. The average Bonchev–Trinajstić information content (AvgIpc) is 2.60. The molecule has 1 amide bonds. The first-order valence-corrected chi connectivity index (χ1v) is 4.15. The summed E-state index contributed by atoms with van der Waals surface area (Å²) >= 11 is 0. The number of nitrogens with zero attached hydrogens (tertiary/aromatic N) is 3. The molecule has 1 aliphatic carbocycles. The van der Waals surface area contributed by atoms with Crippen molar-refractivity contribution in [1.29, 1.82) is 0 Å². The van der Waals surface area contributed by atoms with Gasteiger partial charge >= 0.3 is 6.03 Å². The fourth-order valence-corrected chi connectivity index (χ4v) is 1.31. The molecule has 2 rings (SSSR count). The summed E-state index contributed by atoms with van der Waals surface area (Å²) < 4.78 is 26.4. The molecule has 0 radical (unpaired) electrons. The van der Waals surface area contributed by atoms with E-state index in [4.69, 9.17) is 0 Å². The zero-order valence-corrected chi connectivity index (χ0v) is 7.52. The smallest absolute Gasteiger partial charge is 0.318 e. The van der Waals surface area contributed by atoms with Crippen molar-refractivity contribution in [2.24, 2.45) is 0 Å². The highest BCUT2D eigenvalue weighted by molar-refractivity contribution is 5.77. The number of amides is 1. The molecule has 1 saturated carbocycles. The van der Waals surface area contributed by atoms with Gasteiger partial charge in [0.15, 0.2) is 0 Å². The molecule has 76 valence electrons. The van der Waals surface area contributed by atoms with Crippen molar-refractivity contribution in [1.82, 2.24) is 14.5 Å². The second kappa shape index (κ2) is 2.76. The highest BCUT2D eigenvalue weighted by Gasteiger charge is 2.60. The molecule has 1 aliphatic rings. The largest absolute Gasteiger partial charge is 0.329 e. The van der Waals surface area contributed by atoms with Crippen LogP contribution in [0.15, 0.2) is 18.7 Å². The van der Waals surface area contributed by atoms with E-state index in [0.29, 0.717) is 0 Å². The van der Waals surface area contributed by atoms with Crippen molar-refractivity contribution in [3.63, 3.8) is 0 Å². The van der Waals surface area contributed by atoms with Crippen LogP contribution >= 0.6 is 0 Å². The summed E-state index contributed by atoms with van der Waals surface area (Å²) in [4.78, 5) is 16.2. The lowest BCUT2D eigenvalue weighted by atomic mass is 10.6. The summed E-state index contributed by atoms with van der Waals surface area (Å²) in [5.74, 6) is -2.72. The summed E-state index contributed by atoms with van der Waals surface area (Å²) in [6, 6.07) is -1.44. The number of hydrogen-bond acceptors (Lipinski definition) is 2. The van der Waals surface area contributed by atoms with E-state index in [1.54, 1.807) is 0 Å². The highest BCUT2D eigenvalue weighted by atomic mass is 19.3. The average molecular weight is 201 g/mol. The fraction of sp³-hybridized carbons (Fsp3) is 0.500. The van der Waals surface area contributed by atoms with Gasteiger partial charge in [0.1, 0.15) is 12.4 Å². The van der Waals surface area contributed by atoms with E-state index in [9.17, 15) is 13.6 Å². The third-order valence-electron chi connectivity index (χ3n) is 2.29. The second-order valence-electron chi connectivity index (χ2n) is 3.34. The third kappa shape index (κ3) is 1.36. The predicted octanol–water partition coefficient (Wildman–Crippen LogP) is 1.19. The quantitative estimate of drug-likeness (QED) is 0.684. The lowest BCUT2D eigenvalue weighted by Gasteiger charge is -2.16. The zero-order valence-electron chi connectivity index (χ0n) is 7.52. The molecule has 1 atom stereocenters. The molecule has 1 aromatic heterocycles. The topological polar surface area (TPSA) is 38.1 Å². The normalized spacial score (nSPS) is 23.2. The van der Waals surface area contributed by atoms with E-state index < -0.39 is 18.0 Å². The molecule has 4 nitrogen and oxygen atoms in total. The van der Waals surface area contributed by atoms with Crippen molar-refractivity contribution in [2.75, 3.05) is 7.05 Å². The SMILES string of the molecule is CN(C(=O)n1ccnc1)C1CC1(F)F. The van der Waals surface area contributed by atoms with Gasteiger partial charge in [-0.25, -0.2) is 18.6 Å². The van der Waals surface area contributed by atoms with E-state index in [-0.39, 0.29) is 6.42 Å². The zero-order chi connectivity index (χ0) is 10.3. The van der Waals surface area contributed by atoms with Gasteiger partial charge in [0, 0.05) is 25.9 Å². The minimum absolute atomic E-state index is 0.246. The Morgan fingerprint density at radius 2 is 2.36 bits per heavy atom. The maximum absolute atomic E-state index is 12.6. The number of rotatable bonds is 1. The van der Waals surface area contributed by atoms with Crippen molar-refractivity contribution < 1.29 is 13.6 Å². The summed E-state index contributed by atoms with van der Waals surface area (Å²) in [7, 11) is 1.37. The molecule has 0 aromatic carbocycles. The summed E-state index contributed by atoms with van der Waals surface area (Å²) in [6.07, 6.45) is 3.90. The number of imidazole rings is 1. The fourth-order valence-electron chi connectivity index (χ4n) is 1.31. The van der Waals surface area contributed by atoms with Crippen LogP contribution < -0.4 is 0 Å². The van der Waals surface area contributed by atoms with Gasteiger partial charge in [-0.2, -0.15) is 0 Å². The first kappa shape index (κ1) is 9.11. The van der Waals surface area contributed by atoms with Gasteiger partial charge in [-0.05, 0) is 0 Å². The van der Waals surface area contributed by atoms with E-state index in [1.165, 1.54) is 30.3 Å². The van der Waals surface area contributed by atoms with Crippen LogP contribution in [0.1, 0.15) is 6.42 Å². The molecular weight excluding hydrogens is 192 g/mol. The maximum Gasteiger partial charge on any atom is 0.329 e. The van der Waals surface area contributed by atoms with Crippen molar-refractivity contribution >= 4 is 6.03 Å². The van der Waals surface area contributed by atoms with Gasteiger partial charge in [-0.1, -0.05) is 0 Å². The second-order valence-corrected chi connectivity index (χ2v) is 3.34. The Bertz CT molecular complexity index is 349. The highest BCUT2D eigenvalue weighted by Crippen LogP contribution is 2.45. The number of carbonyl (C=O) groups is 1. The third-order valence-corrected chi connectivity index (χ3v) is 2.29. The van der Waals surface area contributed by atoms with Crippen LogP contribution in [0.2, 0.25) is 0 Å². The maximum atomic E-state index is 12.6. The molecule has 0 spiro atoms. The Morgan fingerprint density at radius 3 is 2.79 bits per heavy atom. The summed E-state index contributed by atoms with van der Waals surface area (Å²) in [5, 5.41) is 0. The molecule has 0 bridgehead atoms. The molecule has 1 fully saturated rings. The van der Waals surface area contributed by atoms with Crippen molar-refractivity contribution in [3.8, 4) is 0 Å². The first-order chi connectivity index (χ1) is 6.52. The van der Waals surface area contributed by atoms with Crippen LogP contribution in [0.4, 0.5) is 13.6 Å². The van der Waals surface area contributed by atoms with Gasteiger partial charge in [0.2, 0.25) is 0 Å². The van der Waals surface area contributed by atoms with Gasteiger partial charge in [0.25, 0.3) is 5.92 Å². The standard InChI is InChI=1S/C8H9F2N3O/c1-12(6-4-8(6,9)10)7(14)13-3-2-11-5-13/h2-3,5-6H,4H2,1H3. The molecule has 1 aromatic rings. The van der Waals surface area contributed by atoms with E-state index in [2.05, 4.69) is 4.98 Å². The van der Waals surface area contributed by atoms with Gasteiger partial charge in [-0.15, -0.1) is 0 Å². The van der Waals surface area contributed by atoms with Crippen LogP contribution in [0, 0.1) is 0 Å². The lowest BCUT2D eigenvalue weighted by molar-refractivity contribution is 0.0859. The van der Waals surface area contributed by atoms with Crippen LogP contribution in [0.3, 0.4) is 0 Å². The molecule has 0 saturated heterocycles.